The third kappa shape index (κ3) is 4.31. The summed E-state index contributed by atoms with van der Waals surface area (Å²) in [4.78, 5) is 12.0. The first-order valence-corrected chi connectivity index (χ1v) is 8.30. The molecule has 0 fully saturated rings. The molecule has 1 amide bonds. The number of benzene rings is 2. The fourth-order valence-electron chi connectivity index (χ4n) is 2.62. The van der Waals surface area contributed by atoms with Crippen molar-refractivity contribution in [2.24, 2.45) is 0 Å². The third-order valence-electron chi connectivity index (χ3n) is 3.85. The van der Waals surface area contributed by atoms with Crippen LogP contribution in [-0.2, 0) is 0 Å². The van der Waals surface area contributed by atoms with Gasteiger partial charge in [0.1, 0.15) is 5.75 Å². The van der Waals surface area contributed by atoms with Crippen molar-refractivity contribution in [2.45, 2.75) is 32.6 Å². The summed E-state index contributed by atoms with van der Waals surface area (Å²) < 4.78 is 16.3. The number of fused-ring (bicyclic) bond motifs is 1. The smallest absolute Gasteiger partial charge is 0.412 e. The Kier molecular flexibility index (Phi) is 6.73. The lowest BCUT2D eigenvalue weighted by atomic mass is 10.1. The van der Waals surface area contributed by atoms with E-state index in [1.54, 1.807) is 20.3 Å². The van der Waals surface area contributed by atoms with E-state index in [0.29, 0.717) is 23.8 Å². The van der Waals surface area contributed by atoms with E-state index in [1.165, 1.54) is 12.8 Å². The van der Waals surface area contributed by atoms with Crippen molar-refractivity contribution in [1.82, 2.24) is 5.32 Å². The monoisotopic (exact) mass is 331 g/mol. The van der Waals surface area contributed by atoms with Gasteiger partial charge in [-0.25, -0.2) is 4.79 Å². The summed E-state index contributed by atoms with van der Waals surface area (Å²) in [5.74, 6) is 1.61. The molecule has 0 saturated heterocycles. The van der Waals surface area contributed by atoms with Crippen LogP contribution in [0.25, 0.3) is 10.8 Å². The van der Waals surface area contributed by atoms with E-state index in [1.807, 2.05) is 24.3 Å². The average molecular weight is 331 g/mol. The zero-order valence-electron chi connectivity index (χ0n) is 14.6. The summed E-state index contributed by atoms with van der Waals surface area (Å²) in [5.41, 5.74) is 0. The van der Waals surface area contributed by atoms with E-state index in [0.717, 1.165) is 23.6 Å². The van der Waals surface area contributed by atoms with Gasteiger partial charge in [-0.1, -0.05) is 50.5 Å². The number of methoxy groups -OCH3 is 2. The van der Waals surface area contributed by atoms with Gasteiger partial charge in [0.05, 0.1) is 14.2 Å². The molecular weight excluding hydrogens is 306 g/mol. The fourth-order valence-corrected chi connectivity index (χ4v) is 2.62. The van der Waals surface area contributed by atoms with Crippen molar-refractivity contribution in [2.75, 3.05) is 20.8 Å². The van der Waals surface area contributed by atoms with Gasteiger partial charge in [-0.2, -0.15) is 0 Å². The highest BCUT2D eigenvalue weighted by atomic mass is 16.6. The molecule has 0 aliphatic carbocycles. The number of unbranched alkanes of at least 4 members (excludes halogenated alkanes) is 3. The molecule has 0 saturated carbocycles. The van der Waals surface area contributed by atoms with Gasteiger partial charge in [-0.05, 0) is 6.42 Å². The van der Waals surface area contributed by atoms with E-state index in [9.17, 15) is 4.79 Å². The molecule has 1 N–H and O–H groups in total. The van der Waals surface area contributed by atoms with Gasteiger partial charge in [-0.3, -0.25) is 0 Å². The van der Waals surface area contributed by atoms with E-state index in [4.69, 9.17) is 14.2 Å². The van der Waals surface area contributed by atoms with Gasteiger partial charge in [0, 0.05) is 23.4 Å². The summed E-state index contributed by atoms with van der Waals surface area (Å²) in [5, 5.41) is 4.43. The number of amides is 1. The van der Waals surface area contributed by atoms with Crippen molar-refractivity contribution in [3.05, 3.63) is 30.3 Å². The van der Waals surface area contributed by atoms with Crippen LogP contribution in [0.15, 0.2) is 30.3 Å². The third-order valence-corrected chi connectivity index (χ3v) is 3.85. The van der Waals surface area contributed by atoms with Gasteiger partial charge in [-0.15, -0.1) is 0 Å². The number of nitrogens with one attached hydrogen (secondary N) is 1. The van der Waals surface area contributed by atoms with Crippen LogP contribution >= 0.6 is 0 Å². The lowest BCUT2D eigenvalue weighted by Crippen LogP contribution is -2.27. The molecule has 0 spiro atoms. The second-order valence-electron chi connectivity index (χ2n) is 5.53. The Morgan fingerprint density at radius 3 is 2.42 bits per heavy atom. The number of carbonyl (C=O) groups is 1. The topological polar surface area (TPSA) is 56.8 Å². The van der Waals surface area contributed by atoms with Crippen LogP contribution in [0.2, 0.25) is 0 Å². The largest absolute Gasteiger partial charge is 0.493 e. The Morgan fingerprint density at radius 1 is 1.00 bits per heavy atom. The highest BCUT2D eigenvalue weighted by Crippen LogP contribution is 2.41. The molecular formula is C19H25NO4. The maximum Gasteiger partial charge on any atom is 0.412 e. The molecule has 2 aromatic carbocycles. The molecule has 5 heteroatoms. The standard InChI is InChI=1S/C19H25NO4/c1-4-5-6-9-12-20-19(21)24-16-13-17(22-2)18(23-3)15-11-8-7-10-14(15)16/h7-8,10-11,13H,4-6,9,12H2,1-3H3,(H,20,21). The molecule has 2 rings (SSSR count). The molecule has 0 aliphatic heterocycles. The molecule has 0 heterocycles. The Hall–Kier alpha value is -2.43. The predicted octanol–water partition coefficient (Wildman–Crippen LogP) is 4.53. The molecule has 0 aliphatic rings. The normalized spacial score (nSPS) is 10.5. The zero-order chi connectivity index (χ0) is 17.4. The summed E-state index contributed by atoms with van der Waals surface area (Å²) in [7, 11) is 3.15. The van der Waals surface area contributed by atoms with Crippen molar-refractivity contribution >= 4 is 16.9 Å². The van der Waals surface area contributed by atoms with Gasteiger partial charge in [0.2, 0.25) is 0 Å². The number of hydrogen-bond acceptors (Lipinski definition) is 4. The highest BCUT2D eigenvalue weighted by Gasteiger charge is 2.16. The van der Waals surface area contributed by atoms with Crippen LogP contribution in [0.5, 0.6) is 17.2 Å². The van der Waals surface area contributed by atoms with Crippen LogP contribution in [0.3, 0.4) is 0 Å². The number of ether oxygens (including phenoxy) is 3. The summed E-state index contributed by atoms with van der Waals surface area (Å²) in [6, 6.07) is 9.27. The van der Waals surface area contributed by atoms with E-state index < -0.39 is 6.09 Å². The van der Waals surface area contributed by atoms with Crippen LogP contribution in [0.4, 0.5) is 4.79 Å². The Labute approximate surface area is 142 Å². The minimum absolute atomic E-state index is 0.453. The quantitative estimate of drug-likeness (QED) is 0.722. The van der Waals surface area contributed by atoms with Gasteiger partial charge in [0.25, 0.3) is 0 Å². The molecule has 0 unspecified atom stereocenters. The number of carbonyl (C=O) groups excluding carboxylic acids is 1. The number of hydrogen-bond donors (Lipinski definition) is 1. The zero-order valence-corrected chi connectivity index (χ0v) is 14.6. The highest BCUT2D eigenvalue weighted by molar-refractivity contribution is 5.96. The van der Waals surface area contributed by atoms with Crippen molar-refractivity contribution in [1.29, 1.82) is 0 Å². The van der Waals surface area contributed by atoms with E-state index >= 15 is 0 Å². The second-order valence-corrected chi connectivity index (χ2v) is 5.53. The molecule has 130 valence electrons. The van der Waals surface area contributed by atoms with Crippen molar-refractivity contribution in [3.8, 4) is 17.2 Å². The molecule has 0 atom stereocenters. The average Bonchev–Trinajstić information content (AvgIpc) is 2.61. The number of rotatable bonds is 8. The van der Waals surface area contributed by atoms with Gasteiger partial charge >= 0.3 is 6.09 Å². The Balaban J connectivity index is 2.15. The molecule has 24 heavy (non-hydrogen) atoms. The molecule has 2 aromatic rings. The molecule has 0 radical (unpaired) electrons. The van der Waals surface area contributed by atoms with Crippen LogP contribution in [-0.4, -0.2) is 26.9 Å². The Bertz CT molecular complexity index is 684. The SMILES string of the molecule is CCCCCCNC(=O)Oc1cc(OC)c(OC)c2ccccc12. The minimum atomic E-state index is -0.455. The fraction of sp³-hybridized carbons (Fsp3) is 0.421. The first-order chi connectivity index (χ1) is 11.7. The lowest BCUT2D eigenvalue weighted by molar-refractivity contribution is 0.200. The Morgan fingerprint density at radius 2 is 1.75 bits per heavy atom. The van der Waals surface area contributed by atoms with Crippen molar-refractivity contribution < 1.29 is 19.0 Å². The predicted molar refractivity (Wildman–Crippen MR) is 95.2 cm³/mol. The van der Waals surface area contributed by atoms with Crippen molar-refractivity contribution in [3.63, 3.8) is 0 Å². The lowest BCUT2D eigenvalue weighted by Gasteiger charge is -2.15. The summed E-state index contributed by atoms with van der Waals surface area (Å²) in [6.07, 6.45) is 3.95. The van der Waals surface area contributed by atoms with Crippen LogP contribution in [0, 0.1) is 0 Å². The van der Waals surface area contributed by atoms with Crippen LogP contribution in [0.1, 0.15) is 32.6 Å². The molecule has 0 bridgehead atoms. The second kappa shape index (κ2) is 9.01. The first kappa shape index (κ1) is 17.9. The van der Waals surface area contributed by atoms with E-state index in [-0.39, 0.29) is 0 Å². The maximum atomic E-state index is 12.0. The maximum absolute atomic E-state index is 12.0. The molecule has 0 aromatic heterocycles. The van der Waals surface area contributed by atoms with Crippen LogP contribution < -0.4 is 19.5 Å². The minimum Gasteiger partial charge on any atom is -0.493 e. The van der Waals surface area contributed by atoms with E-state index in [2.05, 4.69) is 12.2 Å². The molecule has 5 nitrogen and oxygen atoms in total. The summed E-state index contributed by atoms with van der Waals surface area (Å²) >= 11 is 0. The summed E-state index contributed by atoms with van der Waals surface area (Å²) in [6.45, 7) is 2.77. The first-order valence-electron chi connectivity index (χ1n) is 8.30. The van der Waals surface area contributed by atoms with Gasteiger partial charge in [0.15, 0.2) is 11.5 Å². The van der Waals surface area contributed by atoms with Gasteiger partial charge < -0.3 is 19.5 Å².